The van der Waals surface area contributed by atoms with Crippen molar-refractivity contribution in [2.75, 3.05) is 14.2 Å². The molecule has 0 aliphatic carbocycles. The van der Waals surface area contributed by atoms with Crippen LogP contribution in [0.2, 0.25) is 0 Å². The van der Waals surface area contributed by atoms with E-state index in [1.807, 2.05) is 18.2 Å². The van der Waals surface area contributed by atoms with Crippen molar-refractivity contribution in [1.29, 1.82) is 5.41 Å². The lowest BCUT2D eigenvalue weighted by Crippen LogP contribution is -2.18. The molecule has 6 N–H and O–H groups in total. The quantitative estimate of drug-likeness (QED) is 0.152. The number of hydrogen-bond acceptors (Lipinski definition) is 9. The zero-order valence-corrected chi connectivity index (χ0v) is 22.5. The van der Waals surface area contributed by atoms with Crippen molar-refractivity contribution in [3.8, 4) is 17.4 Å². The van der Waals surface area contributed by atoms with Crippen LogP contribution < -0.4 is 20.9 Å². The predicted molar refractivity (Wildman–Crippen MR) is 146 cm³/mol. The van der Waals surface area contributed by atoms with Crippen LogP contribution in [0.5, 0.6) is 11.5 Å². The summed E-state index contributed by atoms with van der Waals surface area (Å²) in [5, 5.41) is 30.0. The number of nitrogens with one attached hydrogen (secondary N) is 2. The SMILES string of the molecule is CC(=O)O.COc1cc(C(Cc2ccc(C(=N)N)cc2)c2nn(-c3ncccn3)c(=O)[nH]2)cc(C(C)O)c1OC. The minimum absolute atomic E-state index is 0.0227. The zero-order chi connectivity index (χ0) is 29.4. The summed E-state index contributed by atoms with van der Waals surface area (Å²) in [4.78, 5) is 32.9. The number of aliphatic hydroxyl groups is 1. The first kappa shape index (κ1) is 29.5. The molecule has 2 heterocycles. The molecule has 0 amide bonds. The highest BCUT2D eigenvalue weighted by Gasteiger charge is 2.25. The molecule has 0 spiro atoms. The fourth-order valence-corrected chi connectivity index (χ4v) is 3.99. The maximum absolute atomic E-state index is 12.8. The molecular weight excluding hydrogens is 518 g/mol. The smallest absolute Gasteiger partial charge is 0.350 e. The third-order valence-electron chi connectivity index (χ3n) is 5.79. The molecule has 0 aliphatic rings. The van der Waals surface area contributed by atoms with E-state index in [1.165, 1.54) is 26.6 Å². The highest BCUT2D eigenvalue weighted by molar-refractivity contribution is 5.94. The maximum Gasteiger partial charge on any atom is 0.350 e. The van der Waals surface area contributed by atoms with E-state index in [2.05, 4.69) is 20.1 Å². The van der Waals surface area contributed by atoms with Gasteiger partial charge in [-0.3, -0.25) is 15.2 Å². The maximum atomic E-state index is 12.8. The van der Waals surface area contributed by atoms with Gasteiger partial charge >= 0.3 is 5.69 Å². The lowest BCUT2D eigenvalue weighted by Gasteiger charge is -2.21. The van der Waals surface area contributed by atoms with Crippen LogP contribution in [-0.4, -0.2) is 61.0 Å². The first-order chi connectivity index (χ1) is 19.0. The first-order valence-corrected chi connectivity index (χ1v) is 12.1. The molecule has 2 aromatic heterocycles. The van der Waals surface area contributed by atoms with Gasteiger partial charge in [0, 0.05) is 36.4 Å². The first-order valence-electron chi connectivity index (χ1n) is 12.1. The Morgan fingerprint density at radius 2 is 1.77 bits per heavy atom. The number of H-pyrrole nitrogens is 1. The Kier molecular flexibility index (Phi) is 9.71. The van der Waals surface area contributed by atoms with Gasteiger partial charge in [0.1, 0.15) is 11.7 Å². The summed E-state index contributed by atoms with van der Waals surface area (Å²) in [6.07, 6.45) is 2.66. The van der Waals surface area contributed by atoms with Gasteiger partial charge in [0.15, 0.2) is 11.5 Å². The Labute approximate surface area is 229 Å². The zero-order valence-electron chi connectivity index (χ0n) is 22.5. The van der Waals surface area contributed by atoms with Crippen molar-refractivity contribution in [2.45, 2.75) is 32.3 Å². The number of amidine groups is 1. The Balaban J connectivity index is 0.00000103. The van der Waals surface area contributed by atoms with Gasteiger partial charge in [-0.15, -0.1) is 9.78 Å². The molecular formula is C27H31N7O6. The Morgan fingerprint density at radius 1 is 1.15 bits per heavy atom. The molecule has 0 saturated carbocycles. The van der Waals surface area contributed by atoms with E-state index in [1.54, 1.807) is 31.2 Å². The topological polar surface area (TPSA) is 202 Å². The van der Waals surface area contributed by atoms with Crippen LogP contribution in [0, 0.1) is 5.41 Å². The van der Waals surface area contributed by atoms with Gasteiger partial charge in [-0.1, -0.05) is 24.3 Å². The number of ether oxygens (including phenoxy) is 2. The molecule has 13 heteroatoms. The van der Waals surface area contributed by atoms with E-state index in [4.69, 9.17) is 30.5 Å². The number of nitrogens with two attached hydrogens (primary N) is 1. The van der Waals surface area contributed by atoms with Gasteiger partial charge in [-0.25, -0.2) is 14.8 Å². The summed E-state index contributed by atoms with van der Waals surface area (Å²) in [7, 11) is 3.03. The number of aromatic nitrogens is 5. The molecule has 0 aliphatic heterocycles. The fourth-order valence-electron chi connectivity index (χ4n) is 3.99. The van der Waals surface area contributed by atoms with Gasteiger partial charge in [0.2, 0.25) is 0 Å². The number of nitrogens with zero attached hydrogens (tertiary/aromatic N) is 4. The number of carbonyl (C=O) groups is 1. The van der Waals surface area contributed by atoms with Gasteiger partial charge in [-0.2, -0.15) is 0 Å². The molecule has 0 radical (unpaired) electrons. The van der Waals surface area contributed by atoms with Crippen LogP contribution in [0.4, 0.5) is 0 Å². The predicted octanol–water partition coefficient (Wildman–Crippen LogP) is 2.17. The number of methoxy groups -OCH3 is 2. The standard InChI is InChI=1S/C25H27N7O4.C2H4O2/c1-14(33)18-12-17(13-20(35-2)21(18)36-3)19(11-15-5-7-16(8-6-15)22(26)27)23-30-25(34)32(31-23)24-28-9-4-10-29-24;1-2(3)4/h4-10,12-14,19,33H,11H2,1-3H3,(H3,26,27)(H,30,31,34);1H3,(H,3,4). The number of carboxylic acid groups (broad SMARTS) is 1. The molecule has 2 unspecified atom stereocenters. The van der Waals surface area contributed by atoms with Crippen molar-refractivity contribution in [2.24, 2.45) is 5.73 Å². The largest absolute Gasteiger partial charge is 0.493 e. The van der Waals surface area contributed by atoms with Crippen molar-refractivity contribution < 1.29 is 24.5 Å². The summed E-state index contributed by atoms with van der Waals surface area (Å²) in [5.41, 5.74) is 7.93. The molecule has 2 atom stereocenters. The number of carboxylic acids is 1. The summed E-state index contributed by atoms with van der Waals surface area (Å²) in [6.45, 7) is 2.72. The molecule has 40 heavy (non-hydrogen) atoms. The summed E-state index contributed by atoms with van der Waals surface area (Å²) in [5.74, 6) is 0.0977. The second kappa shape index (κ2) is 13.2. The van der Waals surface area contributed by atoms with Crippen LogP contribution >= 0.6 is 0 Å². The average molecular weight is 550 g/mol. The summed E-state index contributed by atoms with van der Waals surface area (Å²) in [6, 6.07) is 12.5. The van der Waals surface area contributed by atoms with Gasteiger partial charge in [0.05, 0.1) is 20.3 Å². The van der Waals surface area contributed by atoms with Crippen LogP contribution in [0.3, 0.4) is 0 Å². The van der Waals surface area contributed by atoms with E-state index >= 15 is 0 Å². The number of aliphatic hydroxyl groups excluding tert-OH is 1. The van der Waals surface area contributed by atoms with Crippen molar-refractivity contribution >= 4 is 11.8 Å². The number of hydrogen-bond donors (Lipinski definition) is 5. The molecule has 4 aromatic rings. The van der Waals surface area contributed by atoms with E-state index in [-0.39, 0.29) is 11.8 Å². The van der Waals surface area contributed by atoms with Gasteiger partial charge in [0.25, 0.3) is 11.9 Å². The number of nitrogen functional groups attached to an aromatic ring is 1. The van der Waals surface area contributed by atoms with Crippen LogP contribution in [0.1, 0.15) is 53.9 Å². The van der Waals surface area contributed by atoms with E-state index in [0.29, 0.717) is 34.9 Å². The van der Waals surface area contributed by atoms with Crippen LogP contribution in [0.25, 0.3) is 5.95 Å². The molecule has 13 nitrogen and oxygen atoms in total. The number of benzene rings is 2. The highest BCUT2D eigenvalue weighted by atomic mass is 16.5. The summed E-state index contributed by atoms with van der Waals surface area (Å²) < 4.78 is 12.2. The Morgan fingerprint density at radius 3 is 2.30 bits per heavy atom. The van der Waals surface area contributed by atoms with E-state index in [9.17, 15) is 9.90 Å². The highest BCUT2D eigenvalue weighted by Crippen LogP contribution is 2.39. The molecule has 210 valence electrons. The minimum Gasteiger partial charge on any atom is -0.493 e. The average Bonchev–Trinajstić information content (AvgIpc) is 3.32. The lowest BCUT2D eigenvalue weighted by atomic mass is 9.88. The normalized spacial score (nSPS) is 12.0. The lowest BCUT2D eigenvalue weighted by molar-refractivity contribution is -0.134. The molecule has 2 aromatic carbocycles. The van der Waals surface area contributed by atoms with Crippen molar-refractivity contribution in [3.05, 3.63) is 93.4 Å². The molecule has 0 fully saturated rings. The van der Waals surface area contributed by atoms with Gasteiger partial charge < -0.3 is 25.4 Å². The van der Waals surface area contributed by atoms with Crippen molar-refractivity contribution in [1.82, 2.24) is 24.7 Å². The fraction of sp³-hybridized carbons (Fsp3) is 0.259. The summed E-state index contributed by atoms with van der Waals surface area (Å²) >= 11 is 0. The van der Waals surface area contributed by atoms with Crippen molar-refractivity contribution in [3.63, 3.8) is 0 Å². The second-order valence-electron chi connectivity index (χ2n) is 8.68. The van der Waals surface area contributed by atoms with Crippen LogP contribution in [-0.2, 0) is 11.2 Å². The molecule has 0 saturated heterocycles. The molecule has 0 bridgehead atoms. The minimum atomic E-state index is -0.835. The van der Waals surface area contributed by atoms with E-state index < -0.39 is 23.7 Å². The number of aromatic amines is 1. The van der Waals surface area contributed by atoms with E-state index in [0.717, 1.165) is 22.7 Å². The van der Waals surface area contributed by atoms with Gasteiger partial charge in [-0.05, 0) is 42.7 Å². The molecule has 4 rings (SSSR count). The number of rotatable bonds is 9. The monoisotopic (exact) mass is 549 g/mol. The second-order valence-corrected chi connectivity index (χ2v) is 8.68. The number of aliphatic carboxylic acids is 1. The Bertz CT molecular complexity index is 1510. The third kappa shape index (κ3) is 7.08. The Hall–Kier alpha value is -5.04. The third-order valence-corrected chi connectivity index (χ3v) is 5.79. The van der Waals surface area contributed by atoms with Crippen LogP contribution in [0.15, 0.2) is 59.7 Å².